The molecule has 5 heteroatoms. The zero-order chi connectivity index (χ0) is 11.4. The van der Waals surface area contributed by atoms with Gasteiger partial charge in [-0.25, -0.2) is 0 Å². The van der Waals surface area contributed by atoms with Crippen LogP contribution in [0.1, 0.15) is 20.8 Å². The lowest BCUT2D eigenvalue weighted by Crippen LogP contribution is -2.37. The van der Waals surface area contributed by atoms with Gasteiger partial charge in [-0.2, -0.15) is 0 Å². The van der Waals surface area contributed by atoms with Gasteiger partial charge in [0, 0.05) is 12.6 Å². The molecule has 0 aromatic carbocycles. The van der Waals surface area contributed by atoms with Crippen molar-refractivity contribution in [2.45, 2.75) is 51.2 Å². The molecule has 1 rings (SSSR count). The highest BCUT2D eigenvalue weighted by atomic mass is 16.6. The largest absolute Gasteiger partial charge is 0.388 e. The molecule has 1 heterocycles. The SMILES string of the molecule is [B][C@@H]1O[C@H](COC(C)C)C(O)C1OCC. The van der Waals surface area contributed by atoms with Gasteiger partial charge < -0.3 is 19.3 Å². The fraction of sp³-hybridized carbons (Fsp3) is 1.00. The molecule has 0 bridgehead atoms. The van der Waals surface area contributed by atoms with Crippen molar-refractivity contribution in [2.75, 3.05) is 13.2 Å². The van der Waals surface area contributed by atoms with Crippen LogP contribution >= 0.6 is 0 Å². The number of rotatable bonds is 5. The lowest BCUT2D eigenvalue weighted by atomic mass is 9.93. The summed E-state index contributed by atoms with van der Waals surface area (Å²) in [6.07, 6.45) is -1.43. The standard InChI is InChI=1S/C10H19BO4/c1-4-13-9-8(12)7(15-10(9)11)5-14-6(2)3/h6-10,12H,4-5H2,1-3H3/t7-,8?,9?,10-/m1/s1. The van der Waals surface area contributed by atoms with Crippen molar-refractivity contribution in [3.8, 4) is 0 Å². The van der Waals surface area contributed by atoms with Crippen LogP contribution in [0.15, 0.2) is 0 Å². The molecule has 1 aliphatic heterocycles. The van der Waals surface area contributed by atoms with Gasteiger partial charge in [-0.15, -0.1) is 0 Å². The van der Waals surface area contributed by atoms with Gasteiger partial charge in [0.1, 0.15) is 26.2 Å². The maximum atomic E-state index is 9.85. The van der Waals surface area contributed by atoms with Gasteiger partial charge >= 0.3 is 0 Å². The van der Waals surface area contributed by atoms with E-state index < -0.39 is 18.2 Å². The molecular formula is C10H19BO4. The Hall–Kier alpha value is -0.0951. The van der Waals surface area contributed by atoms with Crippen molar-refractivity contribution >= 4 is 7.85 Å². The molecule has 2 radical (unpaired) electrons. The molecule has 0 saturated carbocycles. The first kappa shape index (κ1) is 13.0. The Bertz CT molecular complexity index is 188. The van der Waals surface area contributed by atoms with Gasteiger partial charge in [0.05, 0.1) is 12.7 Å². The summed E-state index contributed by atoms with van der Waals surface area (Å²) in [6, 6.07) is -0.569. The molecule has 0 aromatic heterocycles. The molecule has 1 aliphatic rings. The van der Waals surface area contributed by atoms with Crippen molar-refractivity contribution < 1.29 is 19.3 Å². The minimum atomic E-state index is -0.710. The Morgan fingerprint density at radius 2 is 2.13 bits per heavy atom. The van der Waals surface area contributed by atoms with Gasteiger partial charge in [0.2, 0.25) is 0 Å². The van der Waals surface area contributed by atoms with Crippen molar-refractivity contribution in [3.63, 3.8) is 0 Å². The van der Waals surface area contributed by atoms with Gasteiger partial charge in [-0.3, -0.25) is 0 Å². The molecule has 15 heavy (non-hydrogen) atoms. The fourth-order valence-corrected chi connectivity index (χ4v) is 1.58. The normalized spacial score (nSPS) is 36.3. The monoisotopic (exact) mass is 214 g/mol. The summed E-state index contributed by atoms with van der Waals surface area (Å²) in [5, 5.41) is 9.85. The predicted octanol–water partition coefficient (Wildman–Crippen LogP) is 0.0708. The summed E-state index contributed by atoms with van der Waals surface area (Å²) >= 11 is 0. The van der Waals surface area contributed by atoms with E-state index in [0.717, 1.165) is 0 Å². The highest BCUT2D eigenvalue weighted by Gasteiger charge is 2.41. The van der Waals surface area contributed by atoms with E-state index in [0.29, 0.717) is 13.2 Å². The summed E-state index contributed by atoms with van der Waals surface area (Å²) in [6.45, 7) is 6.58. The minimum absolute atomic E-state index is 0.114. The van der Waals surface area contributed by atoms with Crippen LogP contribution in [-0.2, 0) is 14.2 Å². The van der Waals surface area contributed by atoms with E-state index in [-0.39, 0.29) is 12.2 Å². The molecule has 1 fully saturated rings. The summed E-state index contributed by atoms with van der Waals surface area (Å²) in [5.41, 5.74) is 0. The quantitative estimate of drug-likeness (QED) is 0.658. The highest BCUT2D eigenvalue weighted by molar-refractivity contribution is 6.11. The van der Waals surface area contributed by atoms with Gasteiger partial charge in [-0.05, 0) is 20.8 Å². The molecule has 0 aliphatic carbocycles. The van der Waals surface area contributed by atoms with Crippen LogP contribution in [0, 0.1) is 0 Å². The summed E-state index contributed by atoms with van der Waals surface area (Å²) in [7, 11) is 5.69. The Morgan fingerprint density at radius 3 is 2.67 bits per heavy atom. The van der Waals surface area contributed by atoms with E-state index in [1.807, 2.05) is 20.8 Å². The second-order valence-electron chi connectivity index (χ2n) is 3.93. The molecule has 0 amide bonds. The molecule has 0 aromatic rings. The van der Waals surface area contributed by atoms with E-state index in [2.05, 4.69) is 0 Å². The zero-order valence-corrected chi connectivity index (χ0v) is 9.55. The van der Waals surface area contributed by atoms with Gasteiger partial charge in [0.15, 0.2) is 0 Å². The third-order valence-corrected chi connectivity index (χ3v) is 2.33. The zero-order valence-electron chi connectivity index (χ0n) is 9.55. The summed E-state index contributed by atoms with van der Waals surface area (Å²) in [4.78, 5) is 0. The average molecular weight is 214 g/mol. The van der Waals surface area contributed by atoms with Crippen molar-refractivity contribution in [2.24, 2.45) is 0 Å². The Morgan fingerprint density at radius 1 is 1.47 bits per heavy atom. The minimum Gasteiger partial charge on any atom is -0.388 e. The summed E-state index contributed by atoms with van der Waals surface area (Å²) < 4.78 is 16.1. The number of hydrogen-bond donors (Lipinski definition) is 1. The molecule has 1 saturated heterocycles. The first-order valence-corrected chi connectivity index (χ1v) is 5.38. The predicted molar refractivity (Wildman–Crippen MR) is 56.9 cm³/mol. The lowest BCUT2D eigenvalue weighted by molar-refractivity contribution is -0.0525. The number of aliphatic hydroxyl groups excluding tert-OH is 1. The van der Waals surface area contributed by atoms with E-state index in [9.17, 15) is 5.11 Å². The van der Waals surface area contributed by atoms with Crippen LogP contribution in [0.25, 0.3) is 0 Å². The number of aliphatic hydroxyl groups is 1. The van der Waals surface area contributed by atoms with E-state index in [1.54, 1.807) is 0 Å². The van der Waals surface area contributed by atoms with Crippen molar-refractivity contribution in [1.82, 2.24) is 0 Å². The van der Waals surface area contributed by atoms with Crippen molar-refractivity contribution in [3.05, 3.63) is 0 Å². The van der Waals surface area contributed by atoms with Crippen molar-refractivity contribution in [1.29, 1.82) is 0 Å². The third kappa shape index (κ3) is 3.45. The van der Waals surface area contributed by atoms with Crippen LogP contribution in [-0.4, -0.2) is 56.6 Å². The topological polar surface area (TPSA) is 47.9 Å². The van der Waals surface area contributed by atoms with Crippen LogP contribution in [0.2, 0.25) is 0 Å². The fourth-order valence-electron chi connectivity index (χ4n) is 1.58. The van der Waals surface area contributed by atoms with E-state index >= 15 is 0 Å². The van der Waals surface area contributed by atoms with Crippen LogP contribution in [0.3, 0.4) is 0 Å². The maximum Gasteiger partial charge on any atom is 0.112 e. The number of ether oxygens (including phenoxy) is 3. The second-order valence-corrected chi connectivity index (χ2v) is 3.93. The maximum absolute atomic E-state index is 9.85. The first-order valence-electron chi connectivity index (χ1n) is 5.38. The highest BCUT2D eigenvalue weighted by Crippen LogP contribution is 2.22. The van der Waals surface area contributed by atoms with Crippen LogP contribution < -0.4 is 0 Å². The van der Waals surface area contributed by atoms with Gasteiger partial charge in [-0.1, -0.05) is 0 Å². The lowest BCUT2D eigenvalue weighted by Gasteiger charge is -2.19. The van der Waals surface area contributed by atoms with Gasteiger partial charge in [0.25, 0.3) is 0 Å². The third-order valence-electron chi connectivity index (χ3n) is 2.33. The average Bonchev–Trinajstić information content (AvgIpc) is 2.43. The Labute approximate surface area is 92.3 Å². The Kier molecular flexibility index (Phi) is 5.05. The molecule has 4 nitrogen and oxygen atoms in total. The number of hydrogen-bond acceptors (Lipinski definition) is 4. The molecule has 2 unspecified atom stereocenters. The van der Waals surface area contributed by atoms with E-state index in [4.69, 9.17) is 22.1 Å². The molecule has 86 valence electrons. The second kappa shape index (κ2) is 5.84. The van der Waals surface area contributed by atoms with Crippen LogP contribution in [0.5, 0.6) is 0 Å². The smallest absolute Gasteiger partial charge is 0.112 e. The Balaban J connectivity index is 2.41. The summed E-state index contributed by atoms with van der Waals surface area (Å²) in [5.74, 6) is 0. The molecule has 0 spiro atoms. The molecule has 1 N–H and O–H groups in total. The van der Waals surface area contributed by atoms with E-state index in [1.165, 1.54) is 0 Å². The molecular weight excluding hydrogens is 195 g/mol. The first-order chi connectivity index (χ1) is 7.06. The molecule has 4 atom stereocenters. The van der Waals surface area contributed by atoms with Crippen LogP contribution in [0.4, 0.5) is 0 Å².